The summed E-state index contributed by atoms with van der Waals surface area (Å²) in [6, 6.07) is 3.83. The lowest BCUT2D eigenvalue weighted by Gasteiger charge is -2.19. The molecule has 0 spiro atoms. The Morgan fingerprint density at radius 3 is 2.59 bits per heavy atom. The zero-order valence-corrected chi connectivity index (χ0v) is 10.2. The van der Waals surface area contributed by atoms with Crippen molar-refractivity contribution in [2.24, 2.45) is 5.73 Å². The number of likely N-dealkylation sites (N-methyl/N-ethyl adjacent to an activating group) is 1. The number of hydrogen-bond acceptors (Lipinski definition) is 3. The Morgan fingerprint density at radius 1 is 1.47 bits per heavy atom. The largest absolute Gasteiger partial charge is 0.368 e. The summed E-state index contributed by atoms with van der Waals surface area (Å²) in [6.45, 7) is 1.92. The summed E-state index contributed by atoms with van der Waals surface area (Å²) >= 11 is 3.89. The maximum absolute atomic E-state index is 13.0. The zero-order chi connectivity index (χ0) is 13.0. The van der Waals surface area contributed by atoms with Gasteiger partial charge in [-0.3, -0.25) is 9.59 Å². The van der Waals surface area contributed by atoms with Gasteiger partial charge in [0.25, 0.3) is 5.91 Å². The second kappa shape index (κ2) is 5.67. The van der Waals surface area contributed by atoms with Gasteiger partial charge in [-0.25, -0.2) is 4.39 Å². The summed E-state index contributed by atoms with van der Waals surface area (Å²) in [7, 11) is 0. The van der Waals surface area contributed by atoms with Gasteiger partial charge in [-0.1, -0.05) is 0 Å². The molecule has 0 fully saturated rings. The first-order valence-electron chi connectivity index (χ1n) is 5.01. The molecule has 0 saturated carbocycles. The number of nitrogens with two attached hydrogens (primary N) is 1. The number of thiol groups is 1. The molecule has 0 aromatic heterocycles. The van der Waals surface area contributed by atoms with Gasteiger partial charge in [0.15, 0.2) is 0 Å². The smallest absolute Gasteiger partial charge is 0.254 e. The molecule has 4 nitrogen and oxygen atoms in total. The highest BCUT2D eigenvalue weighted by Crippen LogP contribution is 2.15. The van der Waals surface area contributed by atoms with Crippen molar-refractivity contribution in [2.75, 3.05) is 13.1 Å². The van der Waals surface area contributed by atoms with Crippen LogP contribution in [0.5, 0.6) is 0 Å². The Bertz CT molecular complexity index is 451. The number of rotatable bonds is 4. The maximum Gasteiger partial charge on any atom is 0.254 e. The molecule has 0 radical (unpaired) electrons. The van der Waals surface area contributed by atoms with Crippen LogP contribution in [0.15, 0.2) is 23.1 Å². The van der Waals surface area contributed by atoms with E-state index in [2.05, 4.69) is 12.6 Å². The van der Waals surface area contributed by atoms with Gasteiger partial charge in [0.2, 0.25) is 5.91 Å². The molecular formula is C11H13FN2O2S. The minimum Gasteiger partial charge on any atom is -0.368 e. The predicted molar refractivity (Wildman–Crippen MR) is 64.4 cm³/mol. The predicted octanol–water partition coefficient (Wildman–Crippen LogP) is 1.06. The van der Waals surface area contributed by atoms with E-state index in [-0.39, 0.29) is 22.9 Å². The lowest BCUT2D eigenvalue weighted by Crippen LogP contribution is -2.38. The Hall–Kier alpha value is -1.56. The molecular weight excluding hydrogens is 243 g/mol. The monoisotopic (exact) mass is 256 g/mol. The summed E-state index contributed by atoms with van der Waals surface area (Å²) < 4.78 is 13.0. The van der Waals surface area contributed by atoms with Gasteiger partial charge in [-0.2, -0.15) is 0 Å². The van der Waals surface area contributed by atoms with E-state index in [1.807, 2.05) is 0 Å². The van der Waals surface area contributed by atoms with Crippen LogP contribution in [0.1, 0.15) is 17.3 Å². The lowest BCUT2D eigenvalue weighted by atomic mass is 10.2. The van der Waals surface area contributed by atoms with Gasteiger partial charge in [0.1, 0.15) is 5.82 Å². The van der Waals surface area contributed by atoms with Crippen LogP contribution in [-0.2, 0) is 4.79 Å². The maximum atomic E-state index is 13.0. The van der Waals surface area contributed by atoms with E-state index in [1.165, 1.54) is 17.0 Å². The van der Waals surface area contributed by atoms with E-state index in [1.54, 1.807) is 6.92 Å². The van der Waals surface area contributed by atoms with Crippen LogP contribution in [-0.4, -0.2) is 29.8 Å². The van der Waals surface area contributed by atoms with Crippen molar-refractivity contribution in [3.8, 4) is 0 Å². The average Bonchev–Trinajstić information content (AvgIpc) is 2.28. The molecule has 0 atom stereocenters. The van der Waals surface area contributed by atoms with Crippen molar-refractivity contribution in [3.05, 3.63) is 29.6 Å². The fourth-order valence-corrected chi connectivity index (χ4v) is 1.56. The molecule has 0 aliphatic carbocycles. The first-order chi connectivity index (χ1) is 7.95. The Balaban J connectivity index is 2.93. The zero-order valence-electron chi connectivity index (χ0n) is 9.31. The summed E-state index contributed by atoms with van der Waals surface area (Å²) in [5, 5.41) is 0. The average molecular weight is 256 g/mol. The van der Waals surface area contributed by atoms with Crippen LogP contribution in [0.25, 0.3) is 0 Å². The van der Waals surface area contributed by atoms with Crippen LogP contribution in [0.3, 0.4) is 0 Å². The molecule has 2 N–H and O–H groups in total. The second-order valence-electron chi connectivity index (χ2n) is 3.45. The molecule has 1 rings (SSSR count). The number of amides is 2. The number of carbonyl (C=O) groups excluding carboxylic acids is 2. The Morgan fingerprint density at radius 2 is 2.12 bits per heavy atom. The minimum atomic E-state index is -0.589. The summed E-state index contributed by atoms with van der Waals surface area (Å²) in [5.41, 5.74) is 5.31. The van der Waals surface area contributed by atoms with Crippen molar-refractivity contribution in [2.45, 2.75) is 11.8 Å². The molecule has 1 aromatic carbocycles. The van der Waals surface area contributed by atoms with Gasteiger partial charge in [0.05, 0.1) is 6.54 Å². The Labute approximate surface area is 104 Å². The topological polar surface area (TPSA) is 63.4 Å². The molecule has 0 bridgehead atoms. The quantitative estimate of drug-likeness (QED) is 0.791. The van der Waals surface area contributed by atoms with E-state index in [0.717, 1.165) is 6.07 Å². The minimum absolute atomic E-state index is 0.0889. The van der Waals surface area contributed by atoms with Crippen molar-refractivity contribution in [1.29, 1.82) is 0 Å². The van der Waals surface area contributed by atoms with Crippen molar-refractivity contribution in [3.63, 3.8) is 0 Å². The highest BCUT2D eigenvalue weighted by Gasteiger charge is 2.16. The van der Waals surface area contributed by atoms with E-state index < -0.39 is 11.7 Å². The molecule has 1 aromatic rings. The molecule has 0 aliphatic rings. The first-order valence-corrected chi connectivity index (χ1v) is 5.46. The fourth-order valence-electron chi connectivity index (χ4n) is 1.34. The van der Waals surface area contributed by atoms with Gasteiger partial charge in [-0.05, 0) is 25.1 Å². The van der Waals surface area contributed by atoms with Gasteiger partial charge >= 0.3 is 0 Å². The van der Waals surface area contributed by atoms with Gasteiger partial charge in [0, 0.05) is 17.0 Å². The summed E-state index contributed by atoms with van der Waals surface area (Å²) in [6.07, 6.45) is 0. The van der Waals surface area contributed by atoms with Crippen LogP contribution in [0.4, 0.5) is 4.39 Å². The molecule has 0 unspecified atom stereocenters. The summed E-state index contributed by atoms with van der Waals surface area (Å²) in [5.74, 6) is -1.46. The number of halogens is 1. The molecule has 0 heterocycles. The molecule has 0 saturated heterocycles. The van der Waals surface area contributed by atoms with Crippen LogP contribution in [0.2, 0.25) is 0 Å². The third-order valence-electron chi connectivity index (χ3n) is 2.21. The molecule has 17 heavy (non-hydrogen) atoms. The van der Waals surface area contributed by atoms with Gasteiger partial charge < -0.3 is 10.6 Å². The van der Waals surface area contributed by atoms with Gasteiger partial charge in [-0.15, -0.1) is 12.6 Å². The number of carbonyl (C=O) groups is 2. The number of benzene rings is 1. The van der Waals surface area contributed by atoms with E-state index in [4.69, 9.17) is 5.73 Å². The first kappa shape index (κ1) is 13.5. The Kier molecular flexibility index (Phi) is 4.51. The summed E-state index contributed by atoms with van der Waals surface area (Å²) in [4.78, 5) is 24.1. The molecule has 2 amide bonds. The standard InChI is InChI=1S/C11H13FN2O2S/c1-2-14(6-10(13)15)11(16)7-3-4-8(12)9(17)5-7/h3-5,17H,2,6H2,1H3,(H2,13,15). The number of hydrogen-bond donors (Lipinski definition) is 2. The van der Waals surface area contributed by atoms with E-state index in [0.29, 0.717) is 6.54 Å². The normalized spacial score (nSPS) is 10.1. The van der Waals surface area contributed by atoms with Crippen LogP contribution in [0, 0.1) is 5.82 Å². The SMILES string of the molecule is CCN(CC(N)=O)C(=O)c1ccc(F)c(S)c1. The molecule has 6 heteroatoms. The second-order valence-corrected chi connectivity index (χ2v) is 3.93. The van der Waals surface area contributed by atoms with Crippen LogP contribution < -0.4 is 5.73 Å². The van der Waals surface area contributed by atoms with E-state index >= 15 is 0 Å². The van der Waals surface area contributed by atoms with Crippen molar-refractivity contribution in [1.82, 2.24) is 4.90 Å². The van der Waals surface area contributed by atoms with E-state index in [9.17, 15) is 14.0 Å². The highest BCUT2D eigenvalue weighted by atomic mass is 32.1. The third-order valence-corrected chi connectivity index (χ3v) is 2.55. The number of nitrogens with zero attached hydrogens (tertiary/aromatic N) is 1. The van der Waals surface area contributed by atoms with Crippen LogP contribution >= 0.6 is 12.6 Å². The fraction of sp³-hybridized carbons (Fsp3) is 0.273. The van der Waals surface area contributed by atoms with Crippen molar-refractivity contribution < 1.29 is 14.0 Å². The number of primary amides is 1. The lowest BCUT2D eigenvalue weighted by molar-refractivity contribution is -0.118. The van der Waals surface area contributed by atoms with Crippen molar-refractivity contribution >= 4 is 24.4 Å². The molecule has 92 valence electrons. The molecule has 0 aliphatic heterocycles. The highest BCUT2D eigenvalue weighted by molar-refractivity contribution is 7.80. The third kappa shape index (κ3) is 3.45.